The van der Waals surface area contributed by atoms with Gasteiger partial charge < -0.3 is 10.2 Å². The Labute approximate surface area is 158 Å². The second-order valence-electron chi connectivity index (χ2n) is 6.10. The lowest BCUT2D eigenvalue weighted by atomic mass is 9.96. The first-order valence-corrected chi connectivity index (χ1v) is 8.07. The van der Waals surface area contributed by atoms with Crippen LogP contribution in [0, 0.1) is 10.1 Å². The molecule has 0 spiro atoms. The van der Waals surface area contributed by atoms with Gasteiger partial charge in [0.2, 0.25) is 0 Å². The van der Waals surface area contributed by atoms with Crippen LogP contribution in [0.4, 0.5) is 11.4 Å². The van der Waals surface area contributed by atoms with Crippen molar-refractivity contribution in [2.24, 2.45) is 0 Å². The molecule has 0 fully saturated rings. The maximum absolute atomic E-state index is 12.7. The number of carboxylic acids is 1. The van der Waals surface area contributed by atoms with Crippen LogP contribution in [0.15, 0.2) is 59.9 Å². The number of nitrogens with zero attached hydrogens (tertiary/aromatic N) is 2. The van der Waals surface area contributed by atoms with E-state index in [4.69, 9.17) is 0 Å². The van der Waals surface area contributed by atoms with E-state index < -0.39 is 34.4 Å². The molecule has 28 heavy (non-hydrogen) atoms. The van der Waals surface area contributed by atoms with E-state index in [1.807, 2.05) is 0 Å². The Morgan fingerprint density at radius 3 is 2.43 bits per heavy atom. The molecule has 2 aromatic carbocycles. The molecule has 1 aliphatic rings. The third-order valence-electron chi connectivity index (χ3n) is 4.36. The predicted molar refractivity (Wildman–Crippen MR) is 97.1 cm³/mol. The summed E-state index contributed by atoms with van der Waals surface area (Å²) in [6.07, 6.45) is 0. The molecule has 3 rings (SSSR count). The molecule has 0 unspecified atom stereocenters. The Hall–Kier alpha value is -4.01. The van der Waals surface area contributed by atoms with Crippen LogP contribution in [0.5, 0.6) is 0 Å². The minimum atomic E-state index is -1.22. The van der Waals surface area contributed by atoms with E-state index in [0.717, 1.165) is 4.90 Å². The molecule has 142 valence electrons. The van der Waals surface area contributed by atoms with Gasteiger partial charge in [-0.25, -0.2) is 4.79 Å². The molecule has 0 saturated heterocycles. The number of anilines is 1. The van der Waals surface area contributed by atoms with Crippen molar-refractivity contribution in [1.82, 2.24) is 0 Å². The van der Waals surface area contributed by atoms with E-state index in [1.54, 1.807) is 0 Å². The highest BCUT2D eigenvalue weighted by Crippen LogP contribution is 2.41. The normalized spacial score (nSPS) is 16.4. The molecule has 1 heterocycles. The van der Waals surface area contributed by atoms with Crippen LogP contribution in [0.25, 0.3) is 0 Å². The number of aliphatic hydroxyl groups excluding tert-OH is 1. The molecule has 0 aromatic heterocycles. The fourth-order valence-corrected chi connectivity index (χ4v) is 3.14. The Bertz CT molecular complexity index is 1060. The number of amides is 1. The van der Waals surface area contributed by atoms with Gasteiger partial charge in [0.1, 0.15) is 0 Å². The van der Waals surface area contributed by atoms with Crippen molar-refractivity contribution < 1.29 is 29.5 Å². The lowest BCUT2D eigenvalue weighted by Gasteiger charge is -2.26. The fourth-order valence-electron chi connectivity index (χ4n) is 3.14. The minimum Gasteiger partial charge on any atom is -0.503 e. The van der Waals surface area contributed by atoms with Gasteiger partial charge in [-0.3, -0.25) is 24.6 Å². The monoisotopic (exact) mass is 382 g/mol. The number of ketones is 1. The number of nitro benzene ring substituents is 1. The molecule has 9 nitrogen and oxygen atoms in total. The summed E-state index contributed by atoms with van der Waals surface area (Å²) in [5.74, 6) is -3.47. The molecule has 1 amide bonds. The van der Waals surface area contributed by atoms with Crippen molar-refractivity contribution in [2.45, 2.75) is 13.0 Å². The van der Waals surface area contributed by atoms with Gasteiger partial charge in [-0.15, -0.1) is 0 Å². The molecule has 2 N–H and O–H groups in total. The lowest BCUT2D eigenvalue weighted by molar-refractivity contribution is -0.384. The maximum Gasteiger partial charge on any atom is 0.335 e. The fraction of sp³-hybridized carbons (Fsp3) is 0.105. The number of non-ortho nitro benzene ring substituents is 1. The Kier molecular flexibility index (Phi) is 4.66. The topological polar surface area (TPSA) is 138 Å². The lowest BCUT2D eigenvalue weighted by Crippen LogP contribution is -2.31. The molecule has 2 aromatic rings. The van der Waals surface area contributed by atoms with Crippen molar-refractivity contribution in [2.75, 3.05) is 4.90 Å². The standard InChI is InChI=1S/C19H14N2O7/c1-10(22)15-16(11-4-2-7-14(8-11)21(27)28)20(18(24)17(15)23)13-6-3-5-12(9-13)19(25)26/h2-9,16,23H,1H3,(H,25,26)/t16-/m1/s1. The Morgan fingerprint density at radius 1 is 1.14 bits per heavy atom. The van der Waals surface area contributed by atoms with Gasteiger partial charge >= 0.3 is 5.97 Å². The van der Waals surface area contributed by atoms with Gasteiger partial charge in [0.15, 0.2) is 11.5 Å². The van der Waals surface area contributed by atoms with Gasteiger partial charge in [0.25, 0.3) is 11.6 Å². The molecular formula is C19H14N2O7. The first-order valence-electron chi connectivity index (χ1n) is 8.07. The number of hydrogen-bond donors (Lipinski definition) is 2. The van der Waals surface area contributed by atoms with Crippen molar-refractivity contribution in [1.29, 1.82) is 0 Å². The van der Waals surface area contributed by atoms with E-state index in [-0.39, 0.29) is 28.1 Å². The molecule has 0 radical (unpaired) electrons. The molecule has 0 saturated carbocycles. The smallest absolute Gasteiger partial charge is 0.335 e. The molecule has 9 heteroatoms. The predicted octanol–water partition coefficient (Wildman–Crippen LogP) is 2.78. The van der Waals surface area contributed by atoms with Crippen LogP contribution in [0.3, 0.4) is 0 Å². The van der Waals surface area contributed by atoms with Gasteiger partial charge in [0.05, 0.1) is 22.1 Å². The number of carbonyl (C=O) groups excluding carboxylic acids is 2. The Morgan fingerprint density at radius 2 is 1.82 bits per heavy atom. The van der Waals surface area contributed by atoms with Crippen LogP contribution in [-0.2, 0) is 9.59 Å². The average Bonchev–Trinajstić information content (AvgIpc) is 2.93. The van der Waals surface area contributed by atoms with Crippen LogP contribution < -0.4 is 4.90 Å². The van der Waals surface area contributed by atoms with E-state index in [1.165, 1.54) is 55.5 Å². The largest absolute Gasteiger partial charge is 0.503 e. The molecule has 0 bridgehead atoms. The first kappa shape index (κ1) is 18.8. The van der Waals surface area contributed by atoms with Crippen LogP contribution in [0.2, 0.25) is 0 Å². The number of benzene rings is 2. The zero-order chi connectivity index (χ0) is 20.6. The number of nitro groups is 1. The number of carbonyl (C=O) groups is 3. The number of rotatable bonds is 5. The minimum absolute atomic E-state index is 0.0983. The van der Waals surface area contributed by atoms with E-state index in [0.29, 0.717) is 0 Å². The second kappa shape index (κ2) is 6.95. The number of hydrogen-bond acceptors (Lipinski definition) is 6. The van der Waals surface area contributed by atoms with E-state index >= 15 is 0 Å². The summed E-state index contributed by atoms with van der Waals surface area (Å²) in [7, 11) is 0. The van der Waals surface area contributed by atoms with Crippen LogP contribution in [-0.4, -0.2) is 32.8 Å². The van der Waals surface area contributed by atoms with E-state index in [9.17, 15) is 34.7 Å². The third kappa shape index (κ3) is 3.09. The summed E-state index contributed by atoms with van der Waals surface area (Å²) in [6, 6.07) is 9.63. The maximum atomic E-state index is 12.7. The van der Waals surface area contributed by atoms with Gasteiger partial charge in [-0.05, 0) is 30.7 Å². The second-order valence-corrected chi connectivity index (χ2v) is 6.10. The zero-order valence-electron chi connectivity index (χ0n) is 14.5. The Balaban J connectivity index is 2.21. The summed E-state index contributed by atoms with van der Waals surface area (Å²) in [5.41, 5.74) is -0.203. The van der Waals surface area contributed by atoms with Crippen molar-refractivity contribution in [3.8, 4) is 0 Å². The van der Waals surface area contributed by atoms with Crippen molar-refractivity contribution in [3.05, 3.63) is 81.1 Å². The summed E-state index contributed by atoms with van der Waals surface area (Å²) in [4.78, 5) is 47.6. The number of aliphatic hydroxyl groups is 1. The summed E-state index contributed by atoms with van der Waals surface area (Å²) in [5, 5.41) is 30.6. The zero-order valence-corrected chi connectivity index (χ0v) is 14.5. The number of Topliss-reactive ketones (excluding diaryl/α,β-unsaturated/α-hetero) is 1. The average molecular weight is 382 g/mol. The van der Waals surface area contributed by atoms with Gasteiger partial charge in [-0.1, -0.05) is 18.2 Å². The summed E-state index contributed by atoms with van der Waals surface area (Å²) >= 11 is 0. The number of aromatic carboxylic acids is 1. The quantitative estimate of drug-likeness (QED) is 0.599. The molecule has 1 aliphatic heterocycles. The summed E-state index contributed by atoms with van der Waals surface area (Å²) < 4.78 is 0. The SMILES string of the molecule is CC(=O)C1=C(O)C(=O)N(c2cccc(C(=O)O)c2)[C@@H]1c1cccc([N+](=O)[O-])c1. The van der Waals surface area contributed by atoms with E-state index in [2.05, 4.69) is 0 Å². The van der Waals surface area contributed by atoms with Gasteiger partial charge in [-0.2, -0.15) is 0 Å². The van der Waals surface area contributed by atoms with Crippen LogP contribution >= 0.6 is 0 Å². The highest BCUT2D eigenvalue weighted by molar-refractivity contribution is 6.16. The number of carboxylic acid groups (broad SMARTS) is 1. The molecule has 0 aliphatic carbocycles. The van der Waals surface area contributed by atoms with Gasteiger partial charge in [0, 0.05) is 17.8 Å². The molecule has 1 atom stereocenters. The highest BCUT2D eigenvalue weighted by atomic mass is 16.6. The summed E-state index contributed by atoms with van der Waals surface area (Å²) in [6.45, 7) is 1.17. The van der Waals surface area contributed by atoms with Crippen molar-refractivity contribution in [3.63, 3.8) is 0 Å². The first-order chi connectivity index (χ1) is 13.2. The highest BCUT2D eigenvalue weighted by Gasteiger charge is 2.43. The third-order valence-corrected chi connectivity index (χ3v) is 4.36. The molecular weight excluding hydrogens is 368 g/mol. The van der Waals surface area contributed by atoms with Crippen LogP contribution in [0.1, 0.15) is 28.9 Å². The van der Waals surface area contributed by atoms with Crippen molar-refractivity contribution >= 4 is 29.0 Å².